The van der Waals surface area contributed by atoms with Crippen molar-refractivity contribution in [2.45, 2.75) is 18.4 Å². The van der Waals surface area contributed by atoms with Crippen LogP contribution in [-0.4, -0.2) is 13.0 Å². The Morgan fingerprint density at radius 1 is 1.00 bits per heavy atom. The van der Waals surface area contributed by atoms with Gasteiger partial charge < -0.3 is 4.57 Å². The van der Waals surface area contributed by atoms with E-state index in [0.717, 1.165) is 20.2 Å². The summed E-state index contributed by atoms with van der Waals surface area (Å²) in [7, 11) is -3.75. The molecule has 8 heteroatoms. The van der Waals surface area contributed by atoms with Crippen molar-refractivity contribution in [2.24, 2.45) is 4.40 Å². The average Bonchev–Trinajstić information content (AvgIpc) is 2.98. The van der Waals surface area contributed by atoms with E-state index in [1.807, 2.05) is 41.1 Å². The third-order valence-electron chi connectivity index (χ3n) is 3.56. The molecule has 0 fully saturated rings. The molecule has 0 aliphatic rings. The highest BCUT2D eigenvalue weighted by atomic mass is 79.9. The van der Waals surface area contributed by atoms with Crippen LogP contribution in [0.2, 0.25) is 0 Å². The first-order chi connectivity index (χ1) is 11.9. The summed E-state index contributed by atoms with van der Waals surface area (Å²) in [6, 6.07) is 14.4. The van der Waals surface area contributed by atoms with Crippen LogP contribution >= 0.6 is 43.2 Å². The van der Waals surface area contributed by atoms with E-state index < -0.39 is 10.0 Å². The Morgan fingerprint density at radius 3 is 2.12 bits per heavy atom. The molecule has 0 unspecified atom stereocenters. The predicted octanol–water partition coefficient (Wildman–Crippen LogP) is 5.05. The van der Waals surface area contributed by atoms with Gasteiger partial charge in [0.2, 0.25) is 4.80 Å². The number of aromatic nitrogens is 1. The first-order valence-electron chi connectivity index (χ1n) is 7.41. The Hall–Kier alpha value is -1.22. The van der Waals surface area contributed by atoms with Crippen molar-refractivity contribution < 1.29 is 8.42 Å². The molecule has 0 bridgehead atoms. The van der Waals surface area contributed by atoms with Gasteiger partial charge in [0.1, 0.15) is 0 Å². The SMILES string of the molecule is CCn1c(-c2ccc(Br)cc2)cs/c1=N/S(=O)(=O)c1ccc(Br)cc1. The molecule has 0 aliphatic carbocycles. The van der Waals surface area contributed by atoms with Gasteiger partial charge >= 0.3 is 0 Å². The van der Waals surface area contributed by atoms with Gasteiger partial charge in [-0.3, -0.25) is 0 Å². The maximum absolute atomic E-state index is 12.6. The van der Waals surface area contributed by atoms with Crippen molar-refractivity contribution in [3.8, 4) is 11.3 Å². The fourth-order valence-corrected chi connectivity index (χ4v) is 5.04. The van der Waals surface area contributed by atoms with Crippen LogP contribution < -0.4 is 4.80 Å². The average molecular weight is 502 g/mol. The van der Waals surface area contributed by atoms with Crippen LogP contribution in [0.4, 0.5) is 0 Å². The smallest absolute Gasteiger partial charge is 0.285 e. The molecule has 4 nitrogen and oxygen atoms in total. The topological polar surface area (TPSA) is 51.4 Å². The summed E-state index contributed by atoms with van der Waals surface area (Å²) in [5, 5.41) is 1.93. The number of hydrogen-bond donors (Lipinski definition) is 0. The highest BCUT2D eigenvalue weighted by Crippen LogP contribution is 2.23. The van der Waals surface area contributed by atoms with Crippen molar-refractivity contribution in [1.29, 1.82) is 0 Å². The second-order valence-corrected chi connectivity index (χ2v) is 9.45. The van der Waals surface area contributed by atoms with Gasteiger partial charge in [-0.2, -0.15) is 8.42 Å². The summed E-state index contributed by atoms with van der Waals surface area (Å²) in [6.07, 6.45) is 0. The van der Waals surface area contributed by atoms with Gasteiger partial charge in [-0.05, 0) is 48.9 Å². The maximum atomic E-state index is 12.6. The van der Waals surface area contributed by atoms with E-state index in [1.54, 1.807) is 24.3 Å². The molecule has 3 aromatic rings. The summed E-state index contributed by atoms with van der Waals surface area (Å²) in [5.41, 5.74) is 1.97. The summed E-state index contributed by atoms with van der Waals surface area (Å²) in [5.74, 6) is 0. The Kier molecular flexibility index (Phi) is 5.62. The highest BCUT2D eigenvalue weighted by molar-refractivity contribution is 9.10. The van der Waals surface area contributed by atoms with Gasteiger partial charge in [0.25, 0.3) is 10.0 Å². The second kappa shape index (κ2) is 7.57. The van der Waals surface area contributed by atoms with Gasteiger partial charge in [-0.15, -0.1) is 15.7 Å². The molecule has 1 heterocycles. The summed E-state index contributed by atoms with van der Waals surface area (Å²) in [4.78, 5) is 0.639. The molecule has 0 N–H and O–H groups in total. The van der Waals surface area contributed by atoms with E-state index in [1.165, 1.54) is 11.3 Å². The zero-order valence-electron chi connectivity index (χ0n) is 13.2. The molecular weight excluding hydrogens is 488 g/mol. The number of sulfonamides is 1. The van der Waals surface area contributed by atoms with Gasteiger partial charge in [0.15, 0.2) is 0 Å². The van der Waals surface area contributed by atoms with Crippen LogP contribution in [0.1, 0.15) is 6.92 Å². The molecule has 0 saturated carbocycles. The largest absolute Gasteiger partial charge is 0.316 e. The molecule has 25 heavy (non-hydrogen) atoms. The van der Waals surface area contributed by atoms with E-state index in [4.69, 9.17) is 0 Å². The number of halogens is 2. The van der Waals surface area contributed by atoms with Gasteiger partial charge in [-0.1, -0.05) is 44.0 Å². The van der Waals surface area contributed by atoms with Gasteiger partial charge in [0.05, 0.1) is 10.6 Å². The molecule has 0 atom stereocenters. The van der Waals surface area contributed by atoms with E-state index in [9.17, 15) is 8.42 Å². The monoisotopic (exact) mass is 500 g/mol. The third-order valence-corrected chi connectivity index (χ3v) is 6.88. The minimum absolute atomic E-state index is 0.178. The van der Waals surface area contributed by atoms with Crippen molar-refractivity contribution in [3.63, 3.8) is 0 Å². The highest BCUT2D eigenvalue weighted by Gasteiger charge is 2.14. The fraction of sp³-hybridized carbons (Fsp3) is 0.118. The van der Waals surface area contributed by atoms with Gasteiger partial charge in [0, 0.05) is 20.9 Å². The van der Waals surface area contributed by atoms with E-state index in [0.29, 0.717) is 11.3 Å². The van der Waals surface area contributed by atoms with Crippen molar-refractivity contribution in [3.05, 3.63) is 67.7 Å². The Balaban J connectivity index is 2.10. The molecule has 2 aromatic carbocycles. The number of thiazole rings is 1. The molecule has 0 spiro atoms. The fourth-order valence-electron chi connectivity index (χ4n) is 2.32. The van der Waals surface area contributed by atoms with Crippen LogP contribution in [-0.2, 0) is 16.6 Å². The number of hydrogen-bond acceptors (Lipinski definition) is 3. The minimum atomic E-state index is -3.75. The number of nitrogens with zero attached hydrogens (tertiary/aromatic N) is 2. The predicted molar refractivity (Wildman–Crippen MR) is 108 cm³/mol. The molecule has 0 saturated heterocycles. The summed E-state index contributed by atoms with van der Waals surface area (Å²) < 4.78 is 32.9. The van der Waals surface area contributed by atoms with Crippen molar-refractivity contribution >= 4 is 53.2 Å². The lowest BCUT2D eigenvalue weighted by atomic mass is 10.2. The molecule has 0 aliphatic heterocycles. The van der Waals surface area contributed by atoms with Crippen molar-refractivity contribution in [2.75, 3.05) is 0 Å². The Labute approximate surface area is 167 Å². The molecule has 0 amide bonds. The summed E-state index contributed by atoms with van der Waals surface area (Å²) >= 11 is 8.05. The molecule has 0 radical (unpaired) electrons. The van der Waals surface area contributed by atoms with Crippen LogP contribution in [0.15, 0.2) is 72.1 Å². The molecule has 3 rings (SSSR count). The standard InChI is InChI=1S/C17H14Br2N2O2S2/c1-2-21-16(12-3-5-13(18)6-4-12)11-24-17(21)20-25(22,23)15-9-7-14(19)8-10-15/h3-11H,2H2,1H3/b20-17+. The third kappa shape index (κ3) is 4.13. The molecule has 130 valence electrons. The van der Waals surface area contributed by atoms with Crippen LogP contribution in [0.3, 0.4) is 0 Å². The number of benzene rings is 2. The number of rotatable bonds is 4. The Morgan fingerprint density at radius 2 is 1.56 bits per heavy atom. The van der Waals surface area contributed by atoms with Crippen LogP contribution in [0, 0.1) is 0 Å². The van der Waals surface area contributed by atoms with E-state index >= 15 is 0 Å². The van der Waals surface area contributed by atoms with Crippen LogP contribution in [0.25, 0.3) is 11.3 Å². The first-order valence-corrected chi connectivity index (χ1v) is 11.3. The lowest BCUT2D eigenvalue weighted by molar-refractivity contribution is 0.595. The van der Waals surface area contributed by atoms with E-state index in [-0.39, 0.29) is 4.90 Å². The zero-order valence-corrected chi connectivity index (χ0v) is 18.0. The maximum Gasteiger partial charge on any atom is 0.285 e. The lowest BCUT2D eigenvalue weighted by Crippen LogP contribution is -2.17. The minimum Gasteiger partial charge on any atom is -0.316 e. The lowest BCUT2D eigenvalue weighted by Gasteiger charge is -2.06. The summed E-state index contributed by atoms with van der Waals surface area (Å²) in [6.45, 7) is 2.60. The first kappa shape index (κ1) is 18.6. The van der Waals surface area contributed by atoms with Gasteiger partial charge in [-0.25, -0.2) is 0 Å². The van der Waals surface area contributed by atoms with E-state index in [2.05, 4.69) is 36.3 Å². The quantitative estimate of drug-likeness (QED) is 0.502. The molecular formula is C17H14Br2N2O2S2. The molecule has 1 aromatic heterocycles. The normalized spacial score (nSPS) is 12.5. The second-order valence-electron chi connectivity index (χ2n) is 5.17. The van der Waals surface area contributed by atoms with Crippen LogP contribution in [0.5, 0.6) is 0 Å². The van der Waals surface area contributed by atoms with Crippen molar-refractivity contribution in [1.82, 2.24) is 4.57 Å². The zero-order chi connectivity index (χ0) is 18.0. The Bertz CT molecular complexity index is 1050.